The van der Waals surface area contributed by atoms with Gasteiger partial charge in [0.25, 0.3) is 0 Å². The van der Waals surface area contributed by atoms with Crippen molar-refractivity contribution >= 4 is 17.5 Å². The van der Waals surface area contributed by atoms with E-state index in [1.54, 1.807) is 0 Å². The third-order valence-corrected chi connectivity index (χ3v) is 4.91. The molecule has 2 rings (SSSR count). The number of nitrogens with one attached hydrogen (secondary N) is 2. The molecule has 0 radical (unpaired) electrons. The molecular weight excluding hydrogens is 314 g/mol. The summed E-state index contributed by atoms with van der Waals surface area (Å²) in [5.74, 6) is -0.0488. The van der Waals surface area contributed by atoms with Gasteiger partial charge in [0.2, 0.25) is 11.8 Å². The molecule has 138 valence electrons. The summed E-state index contributed by atoms with van der Waals surface area (Å²) in [6.45, 7) is 6.87. The SMILES string of the molecule is CCCN(CC(=O)Nc1ccccc1C)C(C)C(=O)NC1CCCC1. The zero-order valence-electron chi connectivity index (χ0n) is 15.7. The highest BCUT2D eigenvalue weighted by molar-refractivity contribution is 5.93. The van der Waals surface area contributed by atoms with Gasteiger partial charge in [-0.15, -0.1) is 0 Å². The van der Waals surface area contributed by atoms with E-state index in [1.165, 1.54) is 12.8 Å². The summed E-state index contributed by atoms with van der Waals surface area (Å²) in [7, 11) is 0. The van der Waals surface area contributed by atoms with Crippen LogP contribution in [0.3, 0.4) is 0 Å². The van der Waals surface area contributed by atoms with Gasteiger partial charge < -0.3 is 10.6 Å². The first-order chi connectivity index (χ1) is 12.0. The van der Waals surface area contributed by atoms with Gasteiger partial charge in [-0.3, -0.25) is 14.5 Å². The predicted octanol–water partition coefficient (Wildman–Crippen LogP) is 3.09. The Bertz CT molecular complexity index is 582. The lowest BCUT2D eigenvalue weighted by molar-refractivity contribution is -0.127. The number of nitrogens with zero attached hydrogens (tertiary/aromatic N) is 1. The summed E-state index contributed by atoms with van der Waals surface area (Å²) in [4.78, 5) is 26.9. The molecule has 0 saturated heterocycles. The monoisotopic (exact) mass is 345 g/mol. The van der Waals surface area contributed by atoms with E-state index >= 15 is 0 Å². The van der Waals surface area contributed by atoms with E-state index in [2.05, 4.69) is 17.6 Å². The van der Waals surface area contributed by atoms with Crippen molar-refractivity contribution in [3.05, 3.63) is 29.8 Å². The van der Waals surface area contributed by atoms with Crippen LogP contribution >= 0.6 is 0 Å². The van der Waals surface area contributed by atoms with Crippen LogP contribution < -0.4 is 10.6 Å². The summed E-state index contributed by atoms with van der Waals surface area (Å²) in [6, 6.07) is 7.72. The zero-order valence-corrected chi connectivity index (χ0v) is 15.7. The van der Waals surface area contributed by atoms with Crippen molar-refractivity contribution in [2.75, 3.05) is 18.4 Å². The molecule has 0 aliphatic heterocycles. The Morgan fingerprint density at radius 1 is 1.24 bits per heavy atom. The van der Waals surface area contributed by atoms with Gasteiger partial charge in [0.1, 0.15) is 0 Å². The molecule has 1 aromatic rings. The second-order valence-electron chi connectivity index (χ2n) is 7.00. The van der Waals surface area contributed by atoms with E-state index in [-0.39, 0.29) is 24.4 Å². The van der Waals surface area contributed by atoms with Crippen molar-refractivity contribution in [3.8, 4) is 0 Å². The predicted molar refractivity (Wildman–Crippen MR) is 102 cm³/mol. The van der Waals surface area contributed by atoms with Gasteiger partial charge in [0.05, 0.1) is 12.6 Å². The first-order valence-electron chi connectivity index (χ1n) is 9.41. The normalized spacial score (nSPS) is 16.0. The van der Waals surface area contributed by atoms with Crippen LogP contribution in [0.2, 0.25) is 0 Å². The number of anilines is 1. The molecule has 1 atom stereocenters. The van der Waals surface area contributed by atoms with Crippen LogP contribution in [0.4, 0.5) is 5.69 Å². The number of carbonyl (C=O) groups is 2. The molecule has 0 aromatic heterocycles. The van der Waals surface area contributed by atoms with Crippen molar-refractivity contribution in [3.63, 3.8) is 0 Å². The lowest BCUT2D eigenvalue weighted by Gasteiger charge is -2.28. The Morgan fingerprint density at radius 3 is 2.56 bits per heavy atom. The lowest BCUT2D eigenvalue weighted by Crippen LogP contribution is -2.50. The van der Waals surface area contributed by atoms with E-state index in [0.717, 1.165) is 37.1 Å². The molecule has 1 aliphatic rings. The standard InChI is InChI=1S/C20H31N3O2/c1-4-13-23(16(3)20(25)21-17-10-6-7-11-17)14-19(24)22-18-12-8-5-9-15(18)2/h5,8-9,12,16-17H,4,6-7,10-11,13-14H2,1-3H3,(H,21,25)(H,22,24). The number of aryl methyl sites for hydroxylation is 1. The number of hydrogen-bond donors (Lipinski definition) is 2. The van der Waals surface area contributed by atoms with Gasteiger partial charge in [-0.1, -0.05) is 38.0 Å². The van der Waals surface area contributed by atoms with Crippen LogP contribution in [0.1, 0.15) is 51.5 Å². The van der Waals surface area contributed by atoms with Crippen LogP contribution in [0.15, 0.2) is 24.3 Å². The highest BCUT2D eigenvalue weighted by Gasteiger charge is 2.26. The molecule has 0 bridgehead atoms. The van der Waals surface area contributed by atoms with E-state index in [9.17, 15) is 9.59 Å². The minimum atomic E-state index is -0.303. The molecule has 0 spiro atoms. The molecule has 5 nitrogen and oxygen atoms in total. The Balaban J connectivity index is 1.92. The molecule has 2 amide bonds. The van der Waals surface area contributed by atoms with Crippen molar-refractivity contribution in [2.45, 2.75) is 65.0 Å². The Labute approximate surface area is 151 Å². The molecule has 25 heavy (non-hydrogen) atoms. The topological polar surface area (TPSA) is 61.4 Å². The molecule has 1 aromatic carbocycles. The molecule has 0 heterocycles. The van der Waals surface area contributed by atoms with E-state index in [0.29, 0.717) is 6.04 Å². The van der Waals surface area contributed by atoms with Crippen molar-refractivity contribution in [2.24, 2.45) is 0 Å². The van der Waals surface area contributed by atoms with Crippen LogP contribution in [-0.4, -0.2) is 41.9 Å². The van der Waals surface area contributed by atoms with E-state index in [4.69, 9.17) is 0 Å². The van der Waals surface area contributed by atoms with Gasteiger partial charge >= 0.3 is 0 Å². The fourth-order valence-electron chi connectivity index (χ4n) is 3.34. The Hall–Kier alpha value is -1.88. The van der Waals surface area contributed by atoms with E-state index in [1.807, 2.05) is 43.0 Å². The molecule has 1 aliphatic carbocycles. The Morgan fingerprint density at radius 2 is 1.92 bits per heavy atom. The highest BCUT2D eigenvalue weighted by Crippen LogP contribution is 2.18. The number of rotatable bonds is 8. The average molecular weight is 345 g/mol. The van der Waals surface area contributed by atoms with Gasteiger partial charge in [-0.05, 0) is 51.3 Å². The van der Waals surface area contributed by atoms with Crippen LogP contribution in [0, 0.1) is 6.92 Å². The van der Waals surface area contributed by atoms with Crippen molar-refractivity contribution in [1.29, 1.82) is 0 Å². The van der Waals surface area contributed by atoms with Crippen LogP contribution in [0.5, 0.6) is 0 Å². The summed E-state index contributed by atoms with van der Waals surface area (Å²) >= 11 is 0. The largest absolute Gasteiger partial charge is 0.352 e. The highest BCUT2D eigenvalue weighted by atomic mass is 16.2. The van der Waals surface area contributed by atoms with Crippen molar-refractivity contribution in [1.82, 2.24) is 10.2 Å². The quantitative estimate of drug-likeness (QED) is 0.761. The van der Waals surface area contributed by atoms with Crippen LogP contribution in [0.25, 0.3) is 0 Å². The van der Waals surface area contributed by atoms with Crippen molar-refractivity contribution < 1.29 is 9.59 Å². The first-order valence-corrected chi connectivity index (χ1v) is 9.41. The fraction of sp³-hybridized carbons (Fsp3) is 0.600. The third-order valence-electron chi connectivity index (χ3n) is 4.91. The average Bonchev–Trinajstić information content (AvgIpc) is 3.09. The third kappa shape index (κ3) is 5.85. The summed E-state index contributed by atoms with van der Waals surface area (Å²) < 4.78 is 0. The van der Waals surface area contributed by atoms with Gasteiger partial charge in [0.15, 0.2) is 0 Å². The molecule has 1 unspecified atom stereocenters. The molecule has 1 fully saturated rings. The zero-order chi connectivity index (χ0) is 18.2. The van der Waals surface area contributed by atoms with Gasteiger partial charge in [-0.2, -0.15) is 0 Å². The Kier molecular flexibility index (Phi) is 7.44. The molecule has 5 heteroatoms. The number of para-hydroxylation sites is 1. The van der Waals surface area contributed by atoms with Crippen LogP contribution in [-0.2, 0) is 9.59 Å². The summed E-state index contributed by atoms with van der Waals surface area (Å²) in [6.07, 6.45) is 5.42. The maximum Gasteiger partial charge on any atom is 0.238 e. The number of carbonyl (C=O) groups excluding carboxylic acids is 2. The second kappa shape index (κ2) is 9.56. The number of hydrogen-bond acceptors (Lipinski definition) is 3. The number of benzene rings is 1. The van der Waals surface area contributed by atoms with Gasteiger partial charge in [0, 0.05) is 11.7 Å². The minimum absolute atomic E-state index is 0.0315. The summed E-state index contributed by atoms with van der Waals surface area (Å²) in [5, 5.41) is 6.09. The molecular formula is C20H31N3O2. The lowest BCUT2D eigenvalue weighted by atomic mass is 10.2. The summed E-state index contributed by atoms with van der Waals surface area (Å²) in [5.41, 5.74) is 1.86. The first kappa shape index (κ1) is 19.4. The second-order valence-corrected chi connectivity index (χ2v) is 7.00. The smallest absolute Gasteiger partial charge is 0.238 e. The number of amides is 2. The minimum Gasteiger partial charge on any atom is -0.352 e. The molecule has 2 N–H and O–H groups in total. The van der Waals surface area contributed by atoms with Gasteiger partial charge in [-0.25, -0.2) is 0 Å². The maximum atomic E-state index is 12.5. The maximum absolute atomic E-state index is 12.5. The fourth-order valence-corrected chi connectivity index (χ4v) is 3.34. The molecule has 1 saturated carbocycles. The van der Waals surface area contributed by atoms with E-state index < -0.39 is 0 Å².